The van der Waals surface area contributed by atoms with E-state index in [4.69, 9.17) is 6.42 Å². The number of hydrazine groups is 1. The first-order valence-electron chi connectivity index (χ1n) is 4.10. The first-order valence-corrected chi connectivity index (χ1v) is 4.10. The van der Waals surface area contributed by atoms with E-state index in [1.165, 1.54) is 0 Å². The van der Waals surface area contributed by atoms with Crippen molar-refractivity contribution < 1.29 is 5.03 Å². The van der Waals surface area contributed by atoms with Crippen molar-refractivity contribution in [2.24, 2.45) is 0 Å². The van der Waals surface area contributed by atoms with Gasteiger partial charge in [-0.05, 0) is 5.56 Å². The molecule has 0 unspecified atom stereocenters. The third-order valence-corrected chi connectivity index (χ3v) is 1.71. The van der Waals surface area contributed by atoms with Gasteiger partial charge in [-0.3, -0.25) is 0 Å². The highest BCUT2D eigenvalue weighted by atomic mass is 16.7. The summed E-state index contributed by atoms with van der Waals surface area (Å²) in [6.07, 6.45) is 5.02. The second kappa shape index (κ2) is 4.87. The zero-order chi connectivity index (χ0) is 10.4. The van der Waals surface area contributed by atoms with E-state index in [0.717, 1.165) is 10.6 Å². The van der Waals surface area contributed by atoms with Gasteiger partial charge in [0.05, 0.1) is 0 Å². The Kier molecular flexibility index (Phi) is 3.50. The lowest BCUT2D eigenvalue weighted by atomic mass is 10.2. The maximum atomic E-state index is 10.5. The summed E-state index contributed by atoms with van der Waals surface area (Å²) in [5, 5.41) is 11.0. The van der Waals surface area contributed by atoms with Crippen LogP contribution in [0.2, 0.25) is 0 Å². The highest BCUT2D eigenvalue weighted by Crippen LogP contribution is 2.03. The van der Waals surface area contributed by atoms with Crippen LogP contribution in [0.25, 0.3) is 0 Å². The summed E-state index contributed by atoms with van der Waals surface area (Å²) in [4.78, 5) is 10.5. The molecule has 0 aliphatic heterocycles. The Hall–Kier alpha value is -2.02. The molecular weight excluding hydrogens is 180 g/mol. The molecule has 4 nitrogen and oxygen atoms in total. The number of rotatable bonds is 4. The number of hydrogen-bond acceptors (Lipinski definition) is 2. The lowest BCUT2D eigenvalue weighted by Gasteiger charge is -2.10. The van der Waals surface area contributed by atoms with Crippen molar-refractivity contribution in [3.63, 3.8) is 0 Å². The molecule has 1 rings (SSSR count). The van der Waals surface area contributed by atoms with Crippen molar-refractivity contribution in [2.45, 2.75) is 6.54 Å². The summed E-state index contributed by atoms with van der Waals surface area (Å²) in [7, 11) is 0. The van der Waals surface area contributed by atoms with E-state index in [0.29, 0.717) is 0 Å². The van der Waals surface area contributed by atoms with Gasteiger partial charge in [-0.25, -0.2) is 10.1 Å². The van der Waals surface area contributed by atoms with E-state index in [1.54, 1.807) is 0 Å². The Morgan fingerprint density at radius 2 is 2.07 bits per heavy atom. The Labute approximate surface area is 82.3 Å². The highest BCUT2D eigenvalue weighted by Gasteiger charge is 2.12. The minimum atomic E-state index is -0.479. The van der Waals surface area contributed by atoms with Gasteiger partial charge in [-0.15, -0.1) is 11.4 Å². The molecule has 0 spiro atoms. The summed E-state index contributed by atoms with van der Waals surface area (Å²) in [5.41, 5.74) is 0.874. The average Bonchev–Trinajstić information content (AvgIpc) is 2.18. The van der Waals surface area contributed by atoms with Crippen molar-refractivity contribution in [1.29, 1.82) is 0 Å². The van der Waals surface area contributed by atoms with Crippen LogP contribution in [0.5, 0.6) is 0 Å². The molecule has 0 aliphatic carbocycles. The first kappa shape index (κ1) is 10.1. The quantitative estimate of drug-likeness (QED) is 0.408. The molecule has 4 heteroatoms. The van der Waals surface area contributed by atoms with Crippen LogP contribution in [0, 0.1) is 22.5 Å². The Morgan fingerprint density at radius 3 is 2.57 bits per heavy atom. The number of benzene rings is 1. The molecule has 0 heterocycles. The van der Waals surface area contributed by atoms with Crippen molar-refractivity contribution in [3.8, 4) is 12.3 Å². The summed E-state index contributed by atoms with van der Waals surface area (Å²) < 4.78 is 0. The zero-order valence-electron chi connectivity index (χ0n) is 7.59. The van der Waals surface area contributed by atoms with Gasteiger partial charge >= 0.3 is 0 Å². The van der Waals surface area contributed by atoms with E-state index in [9.17, 15) is 10.1 Å². The third kappa shape index (κ3) is 2.79. The monoisotopic (exact) mass is 190 g/mol. The van der Waals surface area contributed by atoms with Crippen LogP contribution in [0.15, 0.2) is 30.3 Å². The molecule has 0 aromatic heterocycles. The van der Waals surface area contributed by atoms with E-state index >= 15 is 0 Å². The smallest absolute Gasteiger partial charge is 0.161 e. The fraction of sp³-hybridized carbons (Fsp3) is 0.200. The van der Waals surface area contributed by atoms with Crippen LogP contribution in [0.1, 0.15) is 5.56 Å². The molecule has 0 bridgehead atoms. The van der Waals surface area contributed by atoms with Gasteiger partial charge < -0.3 is 0 Å². The molecule has 0 N–H and O–H groups in total. The number of nitrogens with zero attached hydrogens (tertiary/aromatic N) is 2. The molecule has 0 saturated heterocycles. The summed E-state index contributed by atoms with van der Waals surface area (Å²) in [5.74, 6) is 2.25. The molecule has 0 saturated carbocycles. The lowest BCUT2D eigenvalue weighted by Crippen LogP contribution is -2.29. The van der Waals surface area contributed by atoms with Crippen LogP contribution in [0.4, 0.5) is 0 Å². The standard InChI is InChI=1S/C10H10N2O2/c1-2-8-11(12(13)14)9-10-6-4-3-5-7-10/h1,3-7H,8-9H2. The summed E-state index contributed by atoms with van der Waals surface area (Å²) in [6, 6.07) is 9.19. The van der Waals surface area contributed by atoms with E-state index in [1.807, 2.05) is 30.3 Å². The van der Waals surface area contributed by atoms with Crippen molar-refractivity contribution >= 4 is 0 Å². The first-order chi connectivity index (χ1) is 6.74. The SMILES string of the molecule is C#CCN(Cc1ccccc1)[N+](=O)[O-]. The van der Waals surface area contributed by atoms with E-state index < -0.39 is 5.03 Å². The Balaban J connectivity index is 2.66. The molecular formula is C10H10N2O2. The maximum Gasteiger partial charge on any atom is 0.161 e. The maximum absolute atomic E-state index is 10.5. The zero-order valence-corrected chi connectivity index (χ0v) is 7.59. The van der Waals surface area contributed by atoms with Crippen molar-refractivity contribution in [1.82, 2.24) is 5.01 Å². The number of nitro groups is 1. The summed E-state index contributed by atoms with van der Waals surface area (Å²) >= 11 is 0. The topological polar surface area (TPSA) is 46.4 Å². The van der Waals surface area contributed by atoms with E-state index in [-0.39, 0.29) is 13.1 Å². The van der Waals surface area contributed by atoms with Crippen molar-refractivity contribution in [3.05, 3.63) is 46.0 Å². The number of terminal acetylenes is 1. The molecule has 1 aromatic carbocycles. The van der Waals surface area contributed by atoms with Gasteiger partial charge in [0.1, 0.15) is 13.1 Å². The molecule has 0 atom stereocenters. The van der Waals surface area contributed by atoms with Crippen LogP contribution in [-0.4, -0.2) is 16.6 Å². The largest absolute Gasteiger partial charge is 0.235 e. The lowest BCUT2D eigenvalue weighted by molar-refractivity contribution is -0.656. The second-order valence-corrected chi connectivity index (χ2v) is 2.75. The second-order valence-electron chi connectivity index (χ2n) is 2.75. The van der Waals surface area contributed by atoms with Crippen LogP contribution in [0.3, 0.4) is 0 Å². The average molecular weight is 190 g/mol. The Morgan fingerprint density at radius 1 is 1.43 bits per heavy atom. The molecule has 0 amide bonds. The van der Waals surface area contributed by atoms with E-state index in [2.05, 4.69) is 5.92 Å². The molecule has 1 aromatic rings. The highest BCUT2D eigenvalue weighted by molar-refractivity contribution is 5.14. The van der Waals surface area contributed by atoms with Gasteiger partial charge in [0.2, 0.25) is 0 Å². The van der Waals surface area contributed by atoms with Gasteiger partial charge in [-0.2, -0.15) is 0 Å². The van der Waals surface area contributed by atoms with Gasteiger partial charge in [0.15, 0.2) is 5.03 Å². The van der Waals surface area contributed by atoms with Gasteiger partial charge in [0, 0.05) is 0 Å². The molecule has 72 valence electrons. The normalized spacial score (nSPS) is 9.07. The van der Waals surface area contributed by atoms with Gasteiger partial charge in [0.25, 0.3) is 0 Å². The predicted octanol–water partition coefficient (Wildman–Crippen LogP) is 1.31. The Bertz CT molecular complexity index is 343. The summed E-state index contributed by atoms with van der Waals surface area (Å²) in [6.45, 7) is 0.250. The van der Waals surface area contributed by atoms with Crippen LogP contribution < -0.4 is 0 Å². The van der Waals surface area contributed by atoms with Crippen LogP contribution >= 0.6 is 0 Å². The van der Waals surface area contributed by atoms with Crippen LogP contribution in [-0.2, 0) is 6.54 Å². The predicted molar refractivity (Wildman–Crippen MR) is 52.7 cm³/mol. The van der Waals surface area contributed by atoms with Gasteiger partial charge in [-0.1, -0.05) is 36.3 Å². The molecule has 14 heavy (non-hydrogen) atoms. The number of hydrogen-bond donors (Lipinski definition) is 0. The van der Waals surface area contributed by atoms with Crippen molar-refractivity contribution in [2.75, 3.05) is 6.54 Å². The molecule has 0 radical (unpaired) electrons. The minimum Gasteiger partial charge on any atom is -0.235 e. The third-order valence-electron chi connectivity index (χ3n) is 1.71. The fourth-order valence-electron chi connectivity index (χ4n) is 1.07. The molecule has 0 aliphatic rings. The fourth-order valence-corrected chi connectivity index (χ4v) is 1.07. The molecule has 0 fully saturated rings. The minimum absolute atomic E-state index is 0.0158.